The van der Waals surface area contributed by atoms with Crippen LogP contribution in [0.1, 0.15) is 57.8 Å². The van der Waals surface area contributed by atoms with Crippen LogP contribution in [0, 0.1) is 17.8 Å². The number of hydrogen-bond acceptors (Lipinski definition) is 3. The highest BCUT2D eigenvalue weighted by molar-refractivity contribution is 5.73. The lowest BCUT2D eigenvalue weighted by atomic mass is 9.81. The summed E-state index contributed by atoms with van der Waals surface area (Å²) in [4.78, 5) is 11.5. The van der Waals surface area contributed by atoms with Crippen molar-refractivity contribution in [2.45, 2.75) is 63.8 Å². The van der Waals surface area contributed by atoms with Crippen LogP contribution in [-0.4, -0.2) is 30.2 Å². The zero-order valence-electron chi connectivity index (χ0n) is 12.5. The minimum atomic E-state index is -0.660. The van der Waals surface area contributed by atoms with E-state index in [1.54, 1.807) is 0 Å². The molecule has 0 bridgehead atoms. The fraction of sp³-hybridized carbons (Fsp3) is 0.938. The smallest absolute Gasteiger partial charge is 0.320 e. The van der Waals surface area contributed by atoms with Crippen LogP contribution in [0.2, 0.25) is 0 Å². The van der Waals surface area contributed by atoms with Gasteiger partial charge in [-0.3, -0.25) is 4.79 Å². The van der Waals surface area contributed by atoms with Gasteiger partial charge in [-0.1, -0.05) is 19.3 Å². The van der Waals surface area contributed by atoms with Crippen LogP contribution in [0.15, 0.2) is 0 Å². The van der Waals surface area contributed by atoms with Gasteiger partial charge in [-0.05, 0) is 69.4 Å². The van der Waals surface area contributed by atoms with Gasteiger partial charge in [0.25, 0.3) is 0 Å². The van der Waals surface area contributed by atoms with Gasteiger partial charge in [-0.25, -0.2) is 0 Å². The highest BCUT2D eigenvalue weighted by Gasteiger charge is 2.30. The second-order valence-electron chi connectivity index (χ2n) is 6.74. The van der Waals surface area contributed by atoms with Crippen molar-refractivity contribution in [3.05, 3.63) is 0 Å². The van der Waals surface area contributed by atoms with Crippen molar-refractivity contribution in [2.24, 2.45) is 23.5 Å². The molecule has 2 aliphatic carbocycles. The van der Waals surface area contributed by atoms with Crippen molar-refractivity contribution in [2.75, 3.05) is 13.1 Å². The van der Waals surface area contributed by atoms with Crippen LogP contribution < -0.4 is 11.1 Å². The molecule has 4 N–H and O–H groups in total. The van der Waals surface area contributed by atoms with Gasteiger partial charge in [0.15, 0.2) is 0 Å². The number of aliphatic carboxylic acids is 1. The molecule has 2 aliphatic rings. The standard InChI is InChI=1S/C16H30N2O2/c17-10-12-6-8-13(9-7-12)11-18-15(16(19)20)14-4-2-1-3-5-14/h12-15,18H,1-11,17H2,(H,19,20)/t12?,13?,15-/m0/s1. The average molecular weight is 282 g/mol. The third-order valence-corrected chi connectivity index (χ3v) is 5.31. The third kappa shape index (κ3) is 4.45. The molecule has 2 saturated carbocycles. The van der Waals surface area contributed by atoms with E-state index in [0.29, 0.717) is 17.8 Å². The van der Waals surface area contributed by atoms with E-state index in [0.717, 1.165) is 25.9 Å². The molecule has 4 nitrogen and oxygen atoms in total. The van der Waals surface area contributed by atoms with Crippen LogP contribution in [0.4, 0.5) is 0 Å². The van der Waals surface area contributed by atoms with Gasteiger partial charge >= 0.3 is 5.97 Å². The normalized spacial score (nSPS) is 30.1. The first-order valence-corrected chi connectivity index (χ1v) is 8.37. The number of carboxylic acids is 1. The highest BCUT2D eigenvalue weighted by atomic mass is 16.4. The summed E-state index contributed by atoms with van der Waals surface area (Å²) in [6.45, 7) is 1.67. The predicted molar refractivity (Wildman–Crippen MR) is 80.5 cm³/mol. The summed E-state index contributed by atoms with van der Waals surface area (Å²) in [6.07, 6.45) is 10.6. The van der Waals surface area contributed by atoms with Gasteiger partial charge in [-0.2, -0.15) is 0 Å². The molecule has 0 amide bonds. The Bertz CT molecular complexity index is 295. The van der Waals surface area contributed by atoms with E-state index in [1.807, 2.05) is 0 Å². The number of carboxylic acid groups (broad SMARTS) is 1. The lowest BCUT2D eigenvalue weighted by molar-refractivity contribution is -0.141. The second kappa shape index (κ2) is 7.99. The van der Waals surface area contributed by atoms with Gasteiger partial charge in [0.2, 0.25) is 0 Å². The minimum Gasteiger partial charge on any atom is -0.480 e. The van der Waals surface area contributed by atoms with Crippen LogP contribution >= 0.6 is 0 Å². The fourth-order valence-electron chi connectivity index (χ4n) is 3.89. The second-order valence-corrected chi connectivity index (χ2v) is 6.74. The maximum Gasteiger partial charge on any atom is 0.320 e. The van der Waals surface area contributed by atoms with Gasteiger partial charge in [0.1, 0.15) is 6.04 Å². The molecule has 20 heavy (non-hydrogen) atoms. The number of nitrogens with two attached hydrogens (primary N) is 1. The van der Waals surface area contributed by atoms with Crippen LogP contribution in [0.5, 0.6) is 0 Å². The lowest BCUT2D eigenvalue weighted by Gasteiger charge is -2.32. The van der Waals surface area contributed by atoms with E-state index < -0.39 is 5.97 Å². The molecule has 0 heterocycles. The topological polar surface area (TPSA) is 75.3 Å². The molecular formula is C16H30N2O2. The summed E-state index contributed by atoms with van der Waals surface area (Å²) in [7, 11) is 0. The summed E-state index contributed by atoms with van der Waals surface area (Å²) in [5.74, 6) is 1.01. The molecule has 0 unspecified atom stereocenters. The van der Waals surface area contributed by atoms with Crippen molar-refractivity contribution in [1.29, 1.82) is 0 Å². The Balaban J connectivity index is 1.76. The van der Waals surface area contributed by atoms with E-state index >= 15 is 0 Å². The first kappa shape index (κ1) is 15.8. The Labute approximate surface area is 122 Å². The van der Waals surface area contributed by atoms with Gasteiger partial charge in [-0.15, -0.1) is 0 Å². The predicted octanol–water partition coefficient (Wildman–Crippen LogP) is 2.37. The Morgan fingerprint density at radius 3 is 2.20 bits per heavy atom. The van der Waals surface area contributed by atoms with Crippen LogP contribution in [0.25, 0.3) is 0 Å². The van der Waals surface area contributed by atoms with Crippen molar-refractivity contribution in [3.63, 3.8) is 0 Å². The molecule has 0 aromatic rings. The number of nitrogens with one attached hydrogen (secondary N) is 1. The molecule has 0 aromatic carbocycles. The monoisotopic (exact) mass is 282 g/mol. The van der Waals surface area contributed by atoms with Crippen LogP contribution in [0.3, 0.4) is 0 Å². The molecule has 2 rings (SSSR count). The van der Waals surface area contributed by atoms with E-state index in [2.05, 4.69) is 5.32 Å². The first-order chi connectivity index (χ1) is 9.70. The molecule has 0 aliphatic heterocycles. The molecule has 4 heteroatoms. The quantitative estimate of drug-likeness (QED) is 0.699. The Morgan fingerprint density at radius 1 is 1.05 bits per heavy atom. The molecule has 116 valence electrons. The summed E-state index contributed by atoms with van der Waals surface area (Å²) >= 11 is 0. The van der Waals surface area contributed by atoms with Crippen molar-refractivity contribution in [1.82, 2.24) is 5.32 Å². The van der Waals surface area contributed by atoms with E-state index in [-0.39, 0.29) is 6.04 Å². The molecule has 0 spiro atoms. The largest absolute Gasteiger partial charge is 0.480 e. The molecule has 2 fully saturated rings. The highest BCUT2D eigenvalue weighted by Crippen LogP contribution is 2.29. The minimum absolute atomic E-state index is 0.331. The Hall–Kier alpha value is -0.610. The summed E-state index contributed by atoms with van der Waals surface area (Å²) in [6, 6.07) is -0.331. The van der Waals surface area contributed by atoms with Crippen molar-refractivity contribution in [3.8, 4) is 0 Å². The zero-order chi connectivity index (χ0) is 14.4. The lowest BCUT2D eigenvalue weighted by Crippen LogP contribution is -2.45. The maximum absolute atomic E-state index is 11.5. The van der Waals surface area contributed by atoms with E-state index in [9.17, 15) is 9.90 Å². The third-order valence-electron chi connectivity index (χ3n) is 5.31. The molecular weight excluding hydrogens is 252 g/mol. The number of hydrogen-bond donors (Lipinski definition) is 3. The summed E-state index contributed by atoms with van der Waals surface area (Å²) in [5.41, 5.74) is 5.71. The Kier molecular flexibility index (Phi) is 6.30. The molecule has 1 atom stereocenters. The molecule has 0 saturated heterocycles. The Morgan fingerprint density at radius 2 is 1.65 bits per heavy atom. The average Bonchev–Trinajstić information content (AvgIpc) is 2.49. The van der Waals surface area contributed by atoms with Gasteiger partial charge < -0.3 is 16.2 Å². The van der Waals surface area contributed by atoms with E-state index in [4.69, 9.17) is 5.73 Å². The number of rotatable bonds is 6. The summed E-state index contributed by atoms with van der Waals surface area (Å²) < 4.78 is 0. The SMILES string of the molecule is NCC1CCC(CN[C@H](C(=O)O)C2CCCCC2)CC1. The van der Waals surface area contributed by atoms with E-state index in [1.165, 1.54) is 44.9 Å². The zero-order valence-corrected chi connectivity index (χ0v) is 12.5. The molecule has 0 aromatic heterocycles. The fourth-order valence-corrected chi connectivity index (χ4v) is 3.89. The first-order valence-electron chi connectivity index (χ1n) is 8.37. The van der Waals surface area contributed by atoms with Crippen LogP contribution in [-0.2, 0) is 4.79 Å². The summed E-state index contributed by atoms with van der Waals surface area (Å²) in [5, 5.41) is 12.8. The maximum atomic E-state index is 11.5. The molecule has 0 radical (unpaired) electrons. The number of carbonyl (C=O) groups is 1. The van der Waals surface area contributed by atoms with Gasteiger partial charge in [0.05, 0.1) is 0 Å². The van der Waals surface area contributed by atoms with Gasteiger partial charge in [0, 0.05) is 0 Å². The van der Waals surface area contributed by atoms with Crippen molar-refractivity contribution < 1.29 is 9.90 Å². The van der Waals surface area contributed by atoms with Crippen molar-refractivity contribution >= 4 is 5.97 Å².